The second-order valence-electron chi connectivity index (χ2n) is 4.96. The van der Waals surface area contributed by atoms with Crippen molar-refractivity contribution < 1.29 is 4.74 Å². The zero-order valence-corrected chi connectivity index (χ0v) is 12.9. The van der Waals surface area contributed by atoms with Gasteiger partial charge in [0.25, 0.3) is 5.56 Å². The van der Waals surface area contributed by atoms with E-state index in [9.17, 15) is 9.59 Å². The summed E-state index contributed by atoms with van der Waals surface area (Å²) in [5.41, 5.74) is 1.23. The summed E-state index contributed by atoms with van der Waals surface area (Å²) < 4.78 is 5.83. The van der Waals surface area contributed by atoms with E-state index in [0.717, 1.165) is 22.4 Å². The van der Waals surface area contributed by atoms with E-state index in [1.165, 1.54) is 11.3 Å². The number of rotatable bonds is 2. The summed E-state index contributed by atoms with van der Waals surface area (Å²) in [6.45, 7) is 0. The fourth-order valence-electron chi connectivity index (χ4n) is 2.57. The second-order valence-corrected chi connectivity index (χ2v) is 5.96. The average molecular weight is 325 g/mol. The van der Waals surface area contributed by atoms with Crippen LogP contribution >= 0.6 is 11.3 Å². The molecule has 0 bridgehead atoms. The first-order chi connectivity index (χ1) is 11.2. The molecule has 0 radical (unpaired) electrons. The van der Waals surface area contributed by atoms with Crippen molar-refractivity contribution in [2.45, 2.75) is 0 Å². The number of para-hydroxylation sites is 1. The number of aromatic nitrogens is 3. The zero-order chi connectivity index (χ0) is 16.0. The topological polar surface area (TPSA) is 87.8 Å². The van der Waals surface area contributed by atoms with E-state index in [1.54, 1.807) is 7.11 Å². The first-order valence-corrected chi connectivity index (χ1v) is 7.68. The maximum Gasteiger partial charge on any atom is 0.326 e. The van der Waals surface area contributed by atoms with Gasteiger partial charge in [0, 0.05) is 10.9 Å². The Labute approximate surface area is 133 Å². The number of fused-ring (bicyclic) bond motifs is 3. The van der Waals surface area contributed by atoms with Crippen LogP contribution in [0, 0.1) is 0 Å². The SMILES string of the molecule is COc1ccccc1-c1ccc2c(n1)sc1c(=O)[nH]c(=O)[nH]c12. The summed E-state index contributed by atoms with van der Waals surface area (Å²) in [5, 5.41) is 0.756. The lowest BCUT2D eigenvalue weighted by atomic mass is 10.1. The summed E-state index contributed by atoms with van der Waals surface area (Å²) in [7, 11) is 1.61. The number of nitrogens with one attached hydrogen (secondary N) is 2. The predicted octanol–water partition coefficient (Wildman–Crippen LogP) is 2.50. The Hall–Kier alpha value is -2.93. The van der Waals surface area contributed by atoms with Crippen molar-refractivity contribution in [3.05, 3.63) is 57.2 Å². The highest BCUT2D eigenvalue weighted by atomic mass is 32.1. The standard InChI is InChI=1S/C16H11N3O3S/c1-22-11-5-3-2-4-8(11)10-7-6-9-12-13(23-15(9)17-10)14(20)19-16(21)18-12/h2-7H,1H3,(H2,18,19,20,21). The predicted molar refractivity (Wildman–Crippen MR) is 90.4 cm³/mol. The first-order valence-electron chi connectivity index (χ1n) is 6.86. The van der Waals surface area contributed by atoms with Crippen LogP contribution in [0.5, 0.6) is 5.75 Å². The van der Waals surface area contributed by atoms with Crippen LogP contribution in [0.15, 0.2) is 46.0 Å². The molecule has 0 aliphatic heterocycles. The van der Waals surface area contributed by atoms with Gasteiger partial charge in [-0.3, -0.25) is 9.78 Å². The minimum atomic E-state index is -0.518. The number of methoxy groups -OCH3 is 1. The van der Waals surface area contributed by atoms with Gasteiger partial charge in [-0.2, -0.15) is 0 Å². The molecule has 0 aliphatic carbocycles. The summed E-state index contributed by atoms with van der Waals surface area (Å²) in [6.07, 6.45) is 0. The smallest absolute Gasteiger partial charge is 0.326 e. The molecule has 4 rings (SSSR count). The molecule has 7 heteroatoms. The van der Waals surface area contributed by atoms with Gasteiger partial charge in [-0.15, -0.1) is 11.3 Å². The van der Waals surface area contributed by atoms with E-state index in [1.807, 2.05) is 36.4 Å². The first kappa shape index (κ1) is 13.7. The molecule has 0 aliphatic rings. The van der Waals surface area contributed by atoms with Gasteiger partial charge in [-0.1, -0.05) is 12.1 Å². The minimum Gasteiger partial charge on any atom is -0.496 e. The van der Waals surface area contributed by atoms with Crippen molar-refractivity contribution in [2.75, 3.05) is 7.11 Å². The minimum absolute atomic E-state index is 0.398. The van der Waals surface area contributed by atoms with Crippen LogP contribution in [0.3, 0.4) is 0 Å². The van der Waals surface area contributed by atoms with Crippen molar-refractivity contribution in [1.29, 1.82) is 0 Å². The van der Waals surface area contributed by atoms with Crippen molar-refractivity contribution in [3.63, 3.8) is 0 Å². The van der Waals surface area contributed by atoms with E-state index in [2.05, 4.69) is 15.0 Å². The van der Waals surface area contributed by atoms with Crippen molar-refractivity contribution in [3.8, 4) is 17.0 Å². The Kier molecular flexibility index (Phi) is 3.02. The number of pyridine rings is 1. The molecule has 0 spiro atoms. The molecule has 2 N–H and O–H groups in total. The molecule has 0 saturated carbocycles. The lowest BCUT2D eigenvalue weighted by Gasteiger charge is -2.07. The summed E-state index contributed by atoms with van der Waals surface area (Å²) in [6, 6.07) is 11.3. The van der Waals surface area contributed by atoms with Gasteiger partial charge in [-0.25, -0.2) is 9.78 Å². The molecule has 1 aromatic carbocycles. The normalized spacial score (nSPS) is 11.2. The van der Waals surface area contributed by atoms with E-state index in [-0.39, 0.29) is 0 Å². The van der Waals surface area contributed by atoms with E-state index >= 15 is 0 Å². The van der Waals surface area contributed by atoms with Gasteiger partial charge >= 0.3 is 5.69 Å². The van der Waals surface area contributed by atoms with Gasteiger partial charge in [0.2, 0.25) is 0 Å². The van der Waals surface area contributed by atoms with E-state index in [4.69, 9.17) is 4.74 Å². The summed E-state index contributed by atoms with van der Waals surface area (Å²) >= 11 is 1.25. The van der Waals surface area contributed by atoms with Crippen LogP contribution in [0.2, 0.25) is 0 Å². The number of benzene rings is 1. The Bertz CT molecular complexity index is 1160. The monoisotopic (exact) mass is 325 g/mol. The van der Waals surface area contributed by atoms with E-state index < -0.39 is 11.2 Å². The number of hydrogen-bond donors (Lipinski definition) is 2. The lowest BCUT2D eigenvalue weighted by molar-refractivity contribution is 0.416. The van der Waals surface area contributed by atoms with Crippen LogP contribution in [-0.2, 0) is 0 Å². The molecule has 3 heterocycles. The Balaban J connectivity index is 2.02. The quantitative estimate of drug-likeness (QED) is 0.593. The van der Waals surface area contributed by atoms with Crippen LogP contribution in [0.1, 0.15) is 0 Å². The van der Waals surface area contributed by atoms with Gasteiger partial charge < -0.3 is 9.72 Å². The fourth-order valence-corrected chi connectivity index (χ4v) is 3.60. The highest BCUT2D eigenvalue weighted by Crippen LogP contribution is 2.33. The van der Waals surface area contributed by atoms with Gasteiger partial charge in [0.15, 0.2) is 0 Å². The number of hydrogen-bond acceptors (Lipinski definition) is 5. The molecule has 0 amide bonds. The molecule has 4 aromatic rings. The Morgan fingerprint density at radius 3 is 2.74 bits per heavy atom. The van der Waals surface area contributed by atoms with Gasteiger partial charge in [0.05, 0.1) is 18.3 Å². The molecule has 3 aromatic heterocycles. The number of ether oxygens (including phenoxy) is 1. The van der Waals surface area contributed by atoms with Crippen LogP contribution in [0.25, 0.3) is 31.7 Å². The maximum atomic E-state index is 11.9. The van der Waals surface area contributed by atoms with Crippen molar-refractivity contribution >= 4 is 31.8 Å². The summed E-state index contributed by atoms with van der Waals surface area (Å²) in [4.78, 5) is 33.6. The zero-order valence-electron chi connectivity index (χ0n) is 12.0. The van der Waals surface area contributed by atoms with Crippen molar-refractivity contribution in [1.82, 2.24) is 15.0 Å². The molecule has 114 valence electrons. The summed E-state index contributed by atoms with van der Waals surface area (Å²) in [5.74, 6) is 0.728. The van der Waals surface area contributed by atoms with Crippen LogP contribution < -0.4 is 16.0 Å². The van der Waals surface area contributed by atoms with Crippen LogP contribution in [0.4, 0.5) is 0 Å². The third kappa shape index (κ3) is 2.13. The van der Waals surface area contributed by atoms with Gasteiger partial charge in [-0.05, 0) is 24.3 Å². The number of nitrogens with zero attached hydrogens (tertiary/aromatic N) is 1. The van der Waals surface area contributed by atoms with Crippen molar-refractivity contribution in [2.24, 2.45) is 0 Å². The number of H-pyrrole nitrogens is 2. The molecule has 6 nitrogen and oxygen atoms in total. The third-order valence-electron chi connectivity index (χ3n) is 3.61. The molecule has 0 fully saturated rings. The Morgan fingerprint density at radius 1 is 1.09 bits per heavy atom. The maximum absolute atomic E-state index is 11.9. The van der Waals surface area contributed by atoms with Gasteiger partial charge in [0.1, 0.15) is 15.3 Å². The van der Waals surface area contributed by atoms with Crippen LogP contribution in [-0.4, -0.2) is 22.1 Å². The highest BCUT2D eigenvalue weighted by Gasteiger charge is 2.13. The lowest BCUT2D eigenvalue weighted by Crippen LogP contribution is -2.20. The third-order valence-corrected chi connectivity index (χ3v) is 4.71. The number of aromatic amines is 2. The Morgan fingerprint density at radius 2 is 1.91 bits per heavy atom. The largest absolute Gasteiger partial charge is 0.496 e. The fraction of sp³-hybridized carbons (Fsp3) is 0.0625. The molecule has 0 saturated heterocycles. The average Bonchev–Trinajstić information content (AvgIpc) is 2.93. The molecule has 23 heavy (non-hydrogen) atoms. The molecular weight excluding hydrogens is 314 g/mol. The van der Waals surface area contributed by atoms with E-state index in [0.29, 0.717) is 15.0 Å². The highest BCUT2D eigenvalue weighted by molar-refractivity contribution is 7.25. The molecule has 0 atom stereocenters. The molecule has 0 unspecified atom stereocenters. The molecular formula is C16H11N3O3S. The number of thiophene rings is 1. The second kappa shape index (κ2) is 5.06.